The van der Waals surface area contributed by atoms with Crippen molar-refractivity contribution in [2.45, 2.75) is 56.8 Å². The summed E-state index contributed by atoms with van der Waals surface area (Å²) in [6.45, 7) is 6.31. The molecule has 5 atom stereocenters. The van der Waals surface area contributed by atoms with Gasteiger partial charge in [-0.3, -0.25) is 0 Å². The smallest absolute Gasteiger partial charge is 0.339 e. The first-order chi connectivity index (χ1) is 16.6. The van der Waals surface area contributed by atoms with Crippen molar-refractivity contribution in [2.75, 3.05) is 0 Å². The van der Waals surface area contributed by atoms with Gasteiger partial charge in [0.15, 0.2) is 6.10 Å². The highest BCUT2D eigenvalue weighted by Gasteiger charge is 2.68. The lowest BCUT2D eigenvalue weighted by atomic mass is 9.69. The van der Waals surface area contributed by atoms with Crippen LogP contribution in [-0.4, -0.2) is 31.6 Å². The Labute approximate surface area is 206 Å². The van der Waals surface area contributed by atoms with Crippen LogP contribution in [0.25, 0.3) is 10.8 Å². The highest BCUT2D eigenvalue weighted by Crippen LogP contribution is 2.66. The van der Waals surface area contributed by atoms with E-state index in [0.717, 1.165) is 18.2 Å². The van der Waals surface area contributed by atoms with Gasteiger partial charge in [-0.25, -0.2) is 17.9 Å². The van der Waals surface area contributed by atoms with Crippen LogP contribution < -0.4 is 4.72 Å². The monoisotopic (exact) mass is 493 g/mol. The quantitative estimate of drug-likeness (QED) is 0.490. The van der Waals surface area contributed by atoms with Crippen molar-refractivity contribution >= 4 is 26.8 Å². The molecule has 7 heteroatoms. The first kappa shape index (κ1) is 24.0. The highest BCUT2D eigenvalue weighted by molar-refractivity contribution is 7.89. The van der Waals surface area contributed by atoms with Crippen molar-refractivity contribution in [1.29, 1.82) is 0 Å². The minimum Gasteiger partial charge on any atom is -0.458 e. The summed E-state index contributed by atoms with van der Waals surface area (Å²) in [5.74, 6) is -0.790. The molecule has 2 saturated carbocycles. The third kappa shape index (κ3) is 3.77. The van der Waals surface area contributed by atoms with Crippen molar-refractivity contribution < 1.29 is 23.1 Å². The average molecular weight is 494 g/mol. The molecule has 0 amide bonds. The van der Waals surface area contributed by atoms with Crippen LogP contribution in [0.3, 0.4) is 0 Å². The Kier molecular flexibility index (Phi) is 5.78. The maximum atomic E-state index is 13.7. The Morgan fingerprint density at radius 2 is 1.66 bits per heavy atom. The number of esters is 1. The van der Waals surface area contributed by atoms with E-state index in [9.17, 15) is 18.3 Å². The molecule has 6 nitrogen and oxygen atoms in total. The molecule has 2 fully saturated rings. The molecule has 0 unspecified atom stereocenters. The summed E-state index contributed by atoms with van der Waals surface area (Å²) in [4.78, 5) is 13.2. The molecule has 184 valence electrons. The number of ether oxygens (including phenoxy) is 1. The van der Waals surface area contributed by atoms with Crippen molar-refractivity contribution in [2.24, 2.45) is 16.7 Å². The van der Waals surface area contributed by atoms with Gasteiger partial charge in [-0.05, 0) is 40.7 Å². The van der Waals surface area contributed by atoms with E-state index in [1.807, 2.05) is 24.3 Å². The lowest BCUT2D eigenvalue weighted by Gasteiger charge is -2.40. The van der Waals surface area contributed by atoms with Crippen LogP contribution in [0.15, 0.2) is 77.7 Å². The molecular weight excluding hydrogens is 462 g/mol. The van der Waals surface area contributed by atoms with Crippen LogP contribution in [0.5, 0.6) is 0 Å². The SMILES string of the molecule is CC1(C)[C@@H]2CC[C@@]1(C)[C@H](NS(=O)(=O)c1cccc3ccccc13)[C@@H]2OC(=O)[C@@H](O)c1ccccc1. The number of hydrogen-bond donors (Lipinski definition) is 2. The predicted molar refractivity (Wildman–Crippen MR) is 134 cm³/mol. The highest BCUT2D eigenvalue weighted by atomic mass is 32.2. The van der Waals surface area contributed by atoms with E-state index in [2.05, 4.69) is 25.5 Å². The van der Waals surface area contributed by atoms with E-state index >= 15 is 0 Å². The van der Waals surface area contributed by atoms with E-state index in [1.54, 1.807) is 48.5 Å². The molecule has 0 saturated heterocycles. The summed E-state index contributed by atoms with van der Waals surface area (Å²) < 4.78 is 36.3. The Balaban J connectivity index is 1.49. The van der Waals surface area contributed by atoms with E-state index in [4.69, 9.17) is 4.74 Å². The maximum absolute atomic E-state index is 13.7. The van der Waals surface area contributed by atoms with Gasteiger partial charge in [0.1, 0.15) is 6.10 Å². The van der Waals surface area contributed by atoms with Crippen molar-refractivity contribution in [3.63, 3.8) is 0 Å². The summed E-state index contributed by atoms with van der Waals surface area (Å²) in [7, 11) is -3.93. The predicted octanol–water partition coefficient (Wildman–Crippen LogP) is 4.59. The van der Waals surface area contributed by atoms with Crippen LogP contribution >= 0.6 is 0 Å². The largest absolute Gasteiger partial charge is 0.458 e. The van der Waals surface area contributed by atoms with Gasteiger partial charge in [-0.15, -0.1) is 0 Å². The van der Waals surface area contributed by atoms with Crippen molar-refractivity contribution in [3.8, 4) is 0 Å². The number of carbonyl (C=O) groups excluding carboxylic acids is 1. The van der Waals surface area contributed by atoms with Crippen molar-refractivity contribution in [1.82, 2.24) is 4.72 Å². The molecule has 3 aromatic carbocycles. The molecule has 35 heavy (non-hydrogen) atoms. The Morgan fingerprint density at radius 1 is 1.00 bits per heavy atom. The summed E-state index contributed by atoms with van der Waals surface area (Å²) in [5.41, 5.74) is -0.237. The standard InChI is InChI=1S/C28H31NO5S/c1-27(2)21-16-17-28(27,3)25(24(21)34-26(31)23(30)19-11-5-4-6-12-19)29-35(32,33)22-15-9-13-18-10-7-8-14-20(18)22/h4-15,21,23-25,29-30H,16-17H2,1-3H3/t21-,23+,24-,25-,28+/m1/s1. The second-order valence-electron chi connectivity index (χ2n) is 10.6. The van der Waals surface area contributed by atoms with Crippen LogP contribution in [0, 0.1) is 16.7 Å². The summed E-state index contributed by atoms with van der Waals surface area (Å²) in [5, 5.41) is 12.1. The number of fused-ring (bicyclic) bond motifs is 3. The van der Waals surface area contributed by atoms with Gasteiger partial charge >= 0.3 is 5.97 Å². The number of carbonyl (C=O) groups is 1. The molecular formula is C28H31NO5S. The van der Waals surface area contributed by atoms with Crippen molar-refractivity contribution in [3.05, 3.63) is 78.4 Å². The number of nitrogens with one attached hydrogen (secondary N) is 1. The van der Waals surface area contributed by atoms with Gasteiger partial charge in [0, 0.05) is 11.3 Å². The summed E-state index contributed by atoms with van der Waals surface area (Å²) in [6, 6.07) is 20.6. The van der Waals surface area contributed by atoms with Gasteiger partial charge in [0.2, 0.25) is 10.0 Å². The Hall–Kier alpha value is -2.74. The molecule has 2 bridgehead atoms. The number of sulfonamides is 1. The lowest BCUT2D eigenvalue weighted by molar-refractivity contribution is -0.164. The molecule has 0 spiro atoms. The molecule has 2 N–H and O–H groups in total. The molecule has 2 aliphatic carbocycles. The average Bonchev–Trinajstić information content (AvgIpc) is 3.16. The zero-order valence-electron chi connectivity index (χ0n) is 20.1. The van der Waals surface area contributed by atoms with Gasteiger partial charge in [0.25, 0.3) is 0 Å². The molecule has 0 aliphatic heterocycles. The topological polar surface area (TPSA) is 92.7 Å². The van der Waals surface area contributed by atoms with Gasteiger partial charge in [-0.2, -0.15) is 0 Å². The second kappa shape index (κ2) is 8.43. The molecule has 2 aliphatic rings. The van der Waals surface area contributed by atoms with Gasteiger partial charge in [-0.1, -0.05) is 87.5 Å². The van der Waals surface area contributed by atoms with E-state index < -0.39 is 39.7 Å². The number of aliphatic hydroxyl groups is 1. The maximum Gasteiger partial charge on any atom is 0.339 e. The molecule has 5 rings (SSSR count). The normalized spacial score (nSPS) is 28.2. The third-order valence-corrected chi connectivity index (χ3v) is 10.2. The lowest BCUT2D eigenvalue weighted by Crippen LogP contribution is -2.53. The number of hydrogen-bond acceptors (Lipinski definition) is 5. The molecule has 0 aromatic heterocycles. The van der Waals surface area contributed by atoms with E-state index in [1.165, 1.54) is 0 Å². The van der Waals surface area contributed by atoms with Crippen LogP contribution in [0.2, 0.25) is 0 Å². The molecule has 3 aromatic rings. The summed E-state index contributed by atoms with van der Waals surface area (Å²) >= 11 is 0. The number of aliphatic hydroxyl groups excluding tert-OH is 1. The minimum atomic E-state index is -3.93. The van der Waals surface area contributed by atoms with E-state index in [0.29, 0.717) is 10.9 Å². The first-order valence-corrected chi connectivity index (χ1v) is 13.5. The van der Waals surface area contributed by atoms with E-state index in [-0.39, 0.29) is 16.2 Å². The summed E-state index contributed by atoms with van der Waals surface area (Å²) in [6.07, 6.45) is -0.459. The number of rotatable bonds is 6. The molecule has 0 radical (unpaired) electrons. The zero-order valence-corrected chi connectivity index (χ0v) is 21.0. The Bertz CT molecular complexity index is 1370. The fourth-order valence-corrected chi connectivity index (χ4v) is 7.85. The minimum absolute atomic E-state index is 0.0281. The van der Waals surface area contributed by atoms with Gasteiger partial charge < -0.3 is 9.84 Å². The zero-order chi connectivity index (χ0) is 25.0. The van der Waals surface area contributed by atoms with Crippen LogP contribution in [0.4, 0.5) is 0 Å². The molecule has 0 heterocycles. The fraction of sp³-hybridized carbons (Fsp3) is 0.393. The first-order valence-electron chi connectivity index (χ1n) is 12.0. The number of benzene rings is 3. The second-order valence-corrected chi connectivity index (χ2v) is 12.3. The van der Waals surface area contributed by atoms with Gasteiger partial charge in [0.05, 0.1) is 10.9 Å². The third-order valence-electron chi connectivity index (χ3n) is 8.70. The fourth-order valence-electron chi connectivity index (χ4n) is 6.27. The van der Waals surface area contributed by atoms with Crippen LogP contribution in [-0.2, 0) is 19.6 Å². The Morgan fingerprint density at radius 3 is 2.40 bits per heavy atom. The van der Waals surface area contributed by atoms with Crippen LogP contribution in [0.1, 0.15) is 45.3 Å².